The van der Waals surface area contributed by atoms with Crippen LogP contribution in [0.25, 0.3) is 0 Å². The largest absolute Gasteiger partial charge is 0.444 e. The molecule has 0 aliphatic carbocycles. The van der Waals surface area contributed by atoms with Crippen LogP contribution >= 0.6 is 15.9 Å². The predicted octanol–water partition coefficient (Wildman–Crippen LogP) is 5.44. The number of carbonyl (C=O) groups excluding carboxylic acids is 1. The number of ether oxygens (including phenoxy) is 1. The maximum atomic E-state index is 12.9. The molecule has 1 amide bonds. The minimum Gasteiger partial charge on any atom is -0.444 e. The third-order valence-electron chi connectivity index (χ3n) is 2.75. The number of amides is 1. The maximum absolute atomic E-state index is 12.9. The monoisotopic (exact) mass is 381 g/mol. The van der Waals surface area contributed by atoms with Gasteiger partial charge in [-0.25, -0.2) is 4.79 Å². The summed E-state index contributed by atoms with van der Waals surface area (Å²) in [6, 6.07) is 3.04. The average Bonchev–Trinajstić information content (AvgIpc) is 2.31. The van der Waals surface area contributed by atoms with Crippen molar-refractivity contribution in [3.8, 4) is 0 Å². The van der Waals surface area contributed by atoms with Crippen molar-refractivity contribution in [2.75, 3.05) is 0 Å². The molecule has 124 valence electrons. The van der Waals surface area contributed by atoms with Gasteiger partial charge in [-0.3, -0.25) is 0 Å². The molecular weight excluding hydrogens is 363 g/mol. The third kappa shape index (κ3) is 5.87. The second-order valence-electron chi connectivity index (χ2n) is 5.88. The van der Waals surface area contributed by atoms with E-state index in [2.05, 4.69) is 21.2 Å². The number of alkyl carbamates (subject to hydrolysis) is 1. The molecule has 0 spiro atoms. The number of benzene rings is 1. The quantitative estimate of drug-likeness (QED) is 0.756. The summed E-state index contributed by atoms with van der Waals surface area (Å²) in [6.45, 7) is 6.92. The van der Waals surface area contributed by atoms with Gasteiger partial charge < -0.3 is 10.1 Å². The lowest BCUT2D eigenvalue weighted by Gasteiger charge is -2.24. The first-order valence-electron chi connectivity index (χ1n) is 6.79. The zero-order valence-electron chi connectivity index (χ0n) is 12.8. The molecule has 7 heteroatoms. The summed E-state index contributed by atoms with van der Waals surface area (Å²) in [5.74, 6) is 0. The van der Waals surface area contributed by atoms with Crippen LogP contribution in [0.4, 0.5) is 18.0 Å². The number of hydrogen-bond donors (Lipinski definition) is 1. The number of hydrogen-bond acceptors (Lipinski definition) is 2. The van der Waals surface area contributed by atoms with Crippen LogP contribution in [-0.2, 0) is 10.9 Å². The molecule has 0 saturated carbocycles. The molecule has 0 fully saturated rings. The molecule has 22 heavy (non-hydrogen) atoms. The Kier molecular flexibility index (Phi) is 5.89. The van der Waals surface area contributed by atoms with Crippen molar-refractivity contribution in [3.63, 3.8) is 0 Å². The Labute approximate surface area is 136 Å². The fraction of sp³-hybridized carbons (Fsp3) is 0.533. The van der Waals surface area contributed by atoms with Crippen molar-refractivity contribution in [1.29, 1.82) is 0 Å². The van der Waals surface area contributed by atoms with Crippen molar-refractivity contribution in [2.24, 2.45) is 0 Å². The second-order valence-corrected chi connectivity index (χ2v) is 6.79. The highest BCUT2D eigenvalue weighted by atomic mass is 79.9. The first kappa shape index (κ1) is 18.8. The van der Waals surface area contributed by atoms with E-state index in [-0.39, 0.29) is 0 Å². The van der Waals surface area contributed by atoms with Gasteiger partial charge >= 0.3 is 12.3 Å². The van der Waals surface area contributed by atoms with Gasteiger partial charge in [0.05, 0.1) is 11.6 Å². The SMILES string of the molecule is CCC(NC(=O)OC(C)(C)C)c1cc(Br)cc(C(F)(F)F)c1. The zero-order valence-corrected chi connectivity index (χ0v) is 14.4. The van der Waals surface area contributed by atoms with Crippen LogP contribution in [0.1, 0.15) is 51.3 Å². The normalized spacial score (nSPS) is 13.6. The number of carbonyl (C=O) groups is 1. The number of nitrogens with one attached hydrogen (secondary N) is 1. The summed E-state index contributed by atoms with van der Waals surface area (Å²) in [7, 11) is 0. The smallest absolute Gasteiger partial charge is 0.416 e. The van der Waals surface area contributed by atoms with E-state index < -0.39 is 29.5 Å². The zero-order chi connectivity index (χ0) is 17.1. The van der Waals surface area contributed by atoms with Crippen molar-refractivity contribution in [2.45, 2.75) is 51.9 Å². The van der Waals surface area contributed by atoms with E-state index in [4.69, 9.17) is 4.74 Å². The molecule has 0 aliphatic rings. The molecule has 0 heterocycles. The highest BCUT2D eigenvalue weighted by molar-refractivity contribution is 9.10. The second kappa shape index (κ2) is 6.89. The molecule has 0 aliphatic heterocycles. The lowest BCUT2D eigenvalue weighted by Crippen LogP contribution is -2.34. The van der Waals surface area contributed by atoms with Gasteiger partial charge in [-0.05, 0) is 51.0 Å². The highest BCUT2D eigenvalue weighted by Crippen LogP contribution is 2.34. The summed E-state index contributed by atoms with van der Waals surface area (Å²) >= 11 is 3.07. The van der Waals surface area contributed by atoms with E-state index in [1.54, 1.807) is 33.8 Å². The molecule has 1 aromatic carbocycles. The summed E-state index contributed by atoms with van der Waals surface area (Å²) in [6.07, 6.45) is -4.66. The van der Waals surface area contributed by atoms with Crippen LogP contribution in [-0.4, -0.2) is 11.7 Å². The first-order chi connectivity index (χ1) is 9.92. The Balaban J connectivity index is 3.00. The van der Waals surface area contributed by atoms with Crippen LogP contribution in [0.5, 0.6) is 0 Å². The average molecular weight is 382 g/mol. The van der Waals surface area contributed by atoms with Gasteiger partial charge in [-0.2, -0.15) is 13.2 Å². The summed E-state index contributed by atoms with van der Waals surface area (Å²) in [4.78, 5) is 11.8. The Morgan fingerprint density at radius 2 is 1.86 bits per heavy atom. The van der Waals surface area contributed by atoms with Crippen molar-refractivity contribution < 1.29 is 22.7 Å². The Morgan fingerprint density at radius 1 is 1.27 bits per heavy atom. The van der Waals surface area contributed by atoms with E-state index in [0.29, 0.717) is 16.5 Å². The van der Waals surface area contributed by atoms with Gasteiger partial charge in [0, 0.05) is 4.47 Å². The standard InChI is InChI=1S/C15H19BrF3NO2/c1-5-12(20-13(21)22-14(2,3)4)9-6-10(15(17,18)19)8-11(16)7-9/h6-8,12H,5H2,1-4H3,(H,20,21). The number of alkyl halides is 3. The molecule has 1 atom stereocenters. The van der Waals surface area contributed by atoms with E-state index >= 15 is 0 Å². The molecule has 0 radical (unpaired) electrons. The number of halogens is 4. The molecule has 1 rings (SSSR count). The van der Waals surface area contributed by atoms with E-state index in [9.17, 15) is 18.0 Å². The Bertz CT molecular complexity index is 539. The summed E-state index contributed by atoms with van der Waals surface area (Å²) in [5, 5.41) is 2.60. The van der Waals surface area contributed by atoms with Gasteiger partial charge in [-0.1, -0.05) is 22.9 Å². The van der Waals surface area contributed by atoms with Gasteiger partial charge in [0.25, 0.3) is 0 Å². The minimum absolute atomic E-state index is 0.307. The minimum atomic E-state index is -4.44. The van der Waals surface area contributed by atoms with Crippen LogP contribution in [0.3, 0.4) is 0 Å². The van der Waals surface area contributed by atoms with Crippen molar-refractivity contribution >= 4 is 22.0 Å². The molecule has 0 bridgehead atoms. The fourth-order valence-electron chi connectivity index (χ4n) is 1.85. The first-order valence-corrected chi connectivity index (χ1v) is 7.59. The van der Waals surface area contributed by atoms with Crippen LogP contribution in [0.2, 0.25) is 0 Å². The van der Waals surface area contributed by atoms with Gasteiger partial charge in [-0.15, -0.1) is 0 Å². The molecule has 1 aromatic rings. The molecule has 3 nitrogen and oxygen atoms in total. The third-order valence-corrected chi connectivity index (χ3v) is 3.21. The summed E-state index contributed by atoms with van der Waals surface area (Å²) < 4.78 is 44.0. The van der Waals surface area contributed by atoms with Gasteiger partial charge in [0.2, 0.25) is 0 Å². The van der Waals surface area contributed by atoms with E-state index in [0.717, 1.165) is 12.1 Å². The molecular formula is C15H19BrF3NO2. The lowest BCUT2D eigenvalue weighted by atomic mass is 10.0. The fourth-order valence-corrected chi connectivity index (χ4v) is 2.36. The topological polar surface area (TPSA) is 38.3 Å². The van der Waals surface area contributed by atoms with E-state index in [1.807, 2.05) is 0 Å². The maximum Gasteiger partial charge on any atom is 0.416 e. The van der Waals surface area contributed by atoms with Crippen molar-refractivity contribution in [3.05, 3.63) is 33.8 Å². The van der Waals surface area contributed by atoms with Gasteiger partial charge in [0.15, 0.2) is 0 Å². The predicted molar refractivity (Wildman–Crippen MR) is 81.5 cm³/mol. The molecule has 1 N–H and O–H groups in total. The highest BCUT2D eigenvalue weighted by Gasteiger charge is 2.32. The molecule has 0 aromatic heterocycles. The molecule has 0 saturated heterocycles. The summed E-state index contributed by atoms with van der Waals surface area (Å²) in [5.41, 5.74) is -1.06. The Hall–Kier alpha value is -1.24. The van der Waals surface area contributed by atoms with Crippen LogP contribution in [0.15, 0.2) is 22.7 Å². The van der Waals surface area contributed by atoms with Crippen molar-refractivity contribution in [1.82, 2.24) is 5.32 Å². The number of rotatable bonds is 3. The van der Waals surface area contributed by atoms with Crippen LogP contribution < -0.4 is 5.32 Å². The van der Waals surface area contributed by atoms with E-state index in [1.165, 1.54) is 0 Å². The van der Waals surface area contributed by atoms with Gasteiger partial charge in [0.1, 0.15) is 5.60 Å². The lowest BCUT2D eigenvalue weighted by molar-refractivity contribution is -0.137. The Morgan fingerprint density at radius 3 is 2.32 bits per heavy atom. The van der Waals surface area contributed by atoms with Crippen LogP contribution in [0, 0.1) is 0 Å². The molecule has 1 unspecified atom stereocenters.